The molecule has 2 heteroatoms. The second-order valence-corrected chi connectivity index (χ2v) is 5.68. The van der Waals surface area contributed by atoms with Crippen molar-refractivity contribution in [2.24, 2.45) is 0 Å². The minimum absolute atomic E-state index is 0.657. The van der Waals surface area contributed by atoms with Crippen LogP contribution in [0.15, 0.2) is 54.6 Å². The summed E-state index contributed by atoms with van der Waals surface area (Å²) in [5.41, 5.74) is 4.20. The maximum atomic E-state index is 3.51. The van der Waals surface area contributed by atoms with Gasteiger partial charge in [0.2, 0.25) is 0 Å². The van der Waals surface area contributed by atoms with Crippen molar-refractivity contribution in [3.05, 3.63) is 65.7 Å². The van der Waals surface area contributed by atoms with Gasteiger partial charge in [-0.05, 0) is 37.2 Å². The largest absolute Gasteiger partial charge is 0.384 e. The van der Waals surface area contributed by atoms with E-state index < -0.39 is 0 Å². The van der Waals surface area contributed by atoms with E-state index in [0.717, 1.165) is 19.6 Å². The SMILES string of the molecule is CN(CCC1CNc2ccccc21)Cc1ccccc1. The number of anilines is 1. The number of nitrogens with zero attached hydrogens (tertiary/aromatic N) is 1. The van der Waals surface area contributed by atoms with Gasteiger partial charge in [0.1, 0.15) is 0 Å². The first-order chi connectivity index (χ1) is 9.83. The highest BCUT2D eigenvalue weighted by atomic mass is 15.1. The molecule has 1 heterocycles. The number of benzene rings is 2. The zero-order chi connectivity index (χ0) is 13.8. The predicted octanol–water partition coefficient (Wildman–Crippen LogP) is 3.72. The first-order valence-electron chi connectivity index (χ1n) is 7.38. The van der Waals surface area contributed by atoms with Crippen LogP contribution in [0.4, 0.5) is 5.69 Å². The van der Waals surface area contributed by atoms with E-state index in [0.29, 0.717) is 5.92 Å². The van der Waals surface area contributed by atoms with Crippen molar-refractivity contribution < 1.29 is 0 Å². The van der Waals surface area contributed by atoms with Crippen molar-refractivity contribution in [2.45, 2.75) is 18.9 Å². The molecule has 2 nitrogen and oxygen atoms in total. The van der Waals surface area contributed by atoms with Gasteiger partial charge in [-0.2, -0.15) is 0 Å². The van der Waals surface area contributed by atoms with Gasteiger partial charge < -0.3 is 10.2 Å². The average Bonchev–Trinajstić information content (AvgIpc) is 2.89. The summed E-state index contributed by atoms with van der Waals surface area (Å²) in [7, 11) is 2.21. The molecule has 0 bridgehead atoms. The number of nitrogens with one attached hydrogen (secondary N) is 1. The van der Waals surface area contributed by atoms with Crippen LogP contribution in [0.1, 0.15) is 23.5 Å². The monoisotopic (exact) mass is 266 g/mol. The molecule has 0 saturated heterocycles. The lowest BCUT2D eigenvalue weighted by molar-refractivity contribution is 0.313. The summed E-state index contributed by atoms with van der Waals surface area (Å²) in [6.45, 7) is 3.25. The van der Waals surface area contributed by atoms with Gasteiger partial charge in [-0.15, -0.1) is 0 Å². The van der Waals surface area contributed by atoms with E-state index >= 15 is 0 Å². The number of rotatable bonds is 5. The fraction of sp³-hybridized carbons (Fsp3) is 0.333. The molecule has 1 aliphatic heterocycles. The van der Waals surface area contributed by atoms with Crippen LogP contribution in [0.3, 0.4) is 0 Å². The van der Waals surface area contributed by atoms with Crippen molar-refractivity contribution in [3.63, 3.8) is 0 Å². The Kier molecular flexibility index (Phi) is 4.03. The molecular weight excluding hydrogens is 244 g/mol. The highest BCUT2D eigenvalue weighted by Gasteiger charge is 2.21. The molecule has 104 valence electrons. The fourth-order valence-corrected chi connectivity index (χ4v) is 2.97. The molecule has 0 aromatic heterocycles. The van der Waals surface area contributed by atoms with Gasteiger partial charge in [0.15, 0.2) is 0 Å². The Balaban J connectivity index is 1.53. The molecule has 0 fully saturated rings. The van der Waals surface area contributed by atoms with Gasteiger partial charge in [0.05, 0.1) is 0 Å². The summed E-state index contributed by atoms with van der Waals surface area (Å²) in [4.78, 5) is 2.41. The maximum absolute atomic E-state index is 3.51. The van der Waals surface area contributed by atoms with E-state index in [1.165, 1.54) is 23.2 Å². The summed E-state index contributed by atoms with van der Waals surface area (Å²) in [6.07, 6.45) is 1.22. The summed E-state index contributed by atoms with van der Waals surface area (Å²) in [5.74, 6) is 0.657. The molecular formula is C18H22N2. The topological polar surface area (TPSA) is 15.3 Å². The van der Waals surface area contributed by atoms with Crippen molar-refractivity contribution in [1.82, 2.24) is 4.90 Å². The number of fused-ring (bicyclic) bond motifs is 1. The Hall–Kier alpha value is -1.80. The molecule has 1 N–H and O–H groups in total. The molecule has 2 aromatic rings. The standard InChI is InChI=1S/C18H22N2/c1-20(14-15-7-3-2-4-8-15)12-11-16-13-19-18-10-6-5-9-17(16)18/h2-10,16,19H,11-14H2,1H3. The normalized spacial score (nSPS) is 17.0. The molecule has 0 amide bonds. The smallest absolute Gasteiger partial charge is 0.0376 e. The Labute approximate surface area is 121 Å². The Morgan fingerprint density at radius 3 is 2.65 bits per heavy atom. The molecule has 20 heavy (non-hydrogen) atoms. The third kappa shape index (κ3) is 3.02. The van der Waals surface area contributed by atoms with Crippen LogP contribution in [0.25, 0.3) is 0 Å². The second-order valence-electron chi connectivity index (χ2n) is 5.68. The molecule has 0 saturated carbocycles. The van der Waals surface area contributed by atoms with Gasteiger partial charge in [-0.25, -0.2) is 0 Å². The quantitative estimate of drug-likeness (QED) is 0.887. The highest BCUT2D eigenvalue weighted by Crippen LogP contribution is 2.33. The van der Waals surface area contributed by atoms with Crippen LogP contribution < -0.4 is 5.32 Å². The van der Waals surface area contributed by atoms with Crippen LogP contribution in [0.5, 0.6) is 0 Å². The minimum Gasteiger partial charge on any atom is -0.384 e. The highest BCUT2D eigenvalue weighted by molar-refractivity contribution is 5.57. The summed E-state index contributed by atoms with van der Waals surface area (Å²) in [6, 6.07) is 19.4. The summed E-state index contributed by atoms with van der Waals surface area (Å²) in [5, 5.41) is 3.51. The van der Waals surface area contributed by atoms with Crippen molar-refractivity contribution in [3.8, 4) is 0 Å². The van der Waals surface area contributed by atoms with Gasteiger partial charge in [-0.3, -0.25) is 0 Å². The van der Waals surface area contributed by atoms with E-state index in [2.05, 4.69) is 71.9 Å². The van der Waals surface area contributed by atoms with Crippen molar-refractivity contribution in [2.75, 3.05) is 25.5 Å². The average molecular weight is 266 g/mol. The van der Waals surface area contributed by atoms with E-state index in [1.807, 2.05) is 0 Å². The summed E-state index contributed by atoms with van der Waals surface area (Å²) < 4.78 is 0. The summed E-state index contributed by atoms with van der Waals surface area (Å²) >= 11 is 0. The van der Waals surface area contributed by atoms with E-state index in [4.69, 9.17) is 0 Å². The van der Waals surface area contributed by atoms with Crippen molar-refractivity contribution in [1.29, 1.82) is 0 Å². The molecule has 3 rings (SSSR count). The van der Waals surface area contributed by atoms with Gasteiger partial charge >= 0.3 is 0 Å². The fourth-order valence-electron chi connectivity index (χ4n) is 2.97. The van der Waals surface area contributed by atoms with Gasteiger partial charge in [-0.1, -0.05) is 48.5 Å². The van der Waals surface area contributed by atoms with Crippen molar-refractivity contribution >= 4 is 5.69 Å². The third-order valence-electron chi connectivity index (χ3n) is 4.09. The molecule has 2 aromatic carbocycles. The molecule has 0 radical (unpaired) electrons. The lowest BCUT2D eigenvalue weighted by Crippen LogP contribution is -2.21. The van der Waals surface area contributed by atoms with Gasteiger partial charge in [0.25, 0.3) is 0 Å². The van der Waals surface area contributed by atoms with Crippen LogP contribution >= 0.6 is 0 Å². The third-order valence-corrected chi connectivity index (χ3v) is 4.09. The van der Waals surface area contributed by atoms with Crippen LogP contribution in [-0.2, 0) is 6.54 Å². The first kappa shape index (κ1) is 13.2. The first-order valence-corrected chi connectivity index (χ1v) is 7.38. The molecule has 1 unspecified atom stereocenters. The lowest BCUT2D eigenvalue weighted by atomic mass is 9.98. The lowest BCUT2D eigenvalue weighted by Gasteiger charge is -2.19. The maximum Gasteiger partial charge on any atom is 0.0376 e. The zero-order valence-electron chi connectivity index (χ0n) is 12.0. The second kappa shape index (κ2) is 6.10. The predicted molar refractivity (Wildman–Crippen MR) is 85.1 cm³/mol. The molecule has 0 aliphatic carbocycles. The minimum atomic E-state index is 0.657. The van der Waals surface area contributed by atoms with E-state index in [9.17, 15) is 0 Å². The van der Waals surface area contributed by atoms with Crippen LogP contribution in [0, 0.1) is 0 Å². The Bertz CT molecular complexity index is 550. The molecule has 1 atom stereocenters. The zero-order valence-corrected chi connectivity index (χ0v) is 12.0. The van der Waals surface area contributed by atoms with E-state index in [1.54, 1.807) is 0 Å². The Morgan fingerprint density at radius 2 is 1.80 bits per heavy atom. The molecule has 1 aliphatic rings. The van der Waals surface area contributed by atoms with E-state index in [-0.39, 0.29) is 0 Å². The number of hydrogen-bond donors (Lipinski definition) is 1. The van der Waals surface area contributed by atoms with Crippen LogP contribution in [-0.4, -0.2) is 25.0 Å². The number of hydrogen-bond acceptors (Lipinski definition) is 2. The van der Waals surface area contributed by atoms with Gasteiger partial charge in [0, 0.05) is 24.7 Å². The van der Waals surface area contributed by atoms with Crippen LogP contribution in [0.2, 0.25) is 0 Å². The number of para-hydroxylation sites is 1. The molecule has 0 spiro atoms. The Morgan fingerprint density at radius 1 is 1.05 bits per heavy atom.